The van der Waals surface area contributed by atoms with Crippen LogP contribution in [0.2, 0.25) is 0 Å². The second-order valence-electron chi connectivity index (χ2n) is 18.2. The molecule has 13 rings (SSSR count). The molecule has 10 aromatic carbocycles. The monoisotopic (exact) mass is 817 g/mol. The van der Waals surface area contributed by atoms with Gasteiger partial charge in [0.25, 0.3) is 0 Å². The van der Waals surface area contributed by atoms with Gasteiger partial charge in [-0.05, 0) is 156 Å². The third kappa shape index (κ3) is 5.52. The number of para-hydroxylation sites is 1. The minimum atomic E-state index is -0.186. The highest BCUT2D eigenvalue weighted by Crippen LogP contribution is 2.53. The molecule has 1 aromatic heterocycles. The Bertz CT molecular complexity index is 3680. The number of hydrogen-bond acceptors (Lipinski definition) is 2. The lowest BCUT2D eigenvalue weighted by Gasteiger charge is -2.28. The van der Waals surface area contributed by atoms with Crippen molar-refractivity contribution in [1.82, 2.24) is 0 Å². The molecular formula is C62H43NO. The largest absolute Gasteiger partial charge is 0.456 e. The fourth-order valence-corrected chi connectivity index (χ4v) is 10.8. The number of aryl methyl sites for hydroxylation is 1. The maximum atomic E-state index is 6.29. The Hall–Kier alpha value is -7.94. The number of anilines is 3. The van der Waals surface area contributed by atoms with Crippen molar-refractivity contribution in [3.05, 3.63) is 223 Å². The van der Waals surface area contributed by atoms with Gasteiger partial charge in [-0.15, -0.1) is 0 Å². The van der Waals surface area contributed by atoms with E-state index in [1.165, 1.54) is 83.1 Å². The summed E-state index contributed by atoms with van der Waals surface area (Å²) in [5.41, 5.74) is 24.1. The third-order valence-corrected chi connectivity index (χ3v) is 14.1. The van der Waals surface area contributed by atoms with Crippen molar-refractivity contribution in [2.45, 2.75) is 26.2 Å². The summed E-state index contributed by atoms with van der Waals surface area (Å²) in [6, 6.07) is 76.1. The van der Waals surface area contributed by atoms with Crippen LogP contribution in [0.15, 0.2) is 211 Å². The molecule has 0 aliphatic heterocycles. The Morgan fingerprint density at radius 2 is 0.906 bits per heavy atom. The quantitative estimate of drug-likeness (QED) is 0.166. The SMILES string of the molecule is Cc1ccc2c(c1)-c1cccc3c(-c4ccc(N(c5ccc(-c6ccc7c(c6)oc6ccccc67)cc5)c5ccc6c(c5)C(C)(C)c5cc(-c7ccccc7)ccc5-6)cc4)ccc-2c13. The smallest absolute Gasteiger partial charge is 0.136 e. The van der Waals surface area contributed by atoms with Crippen LogP contribution in [0.1, 0.15) is 30.5 Å². The summed E-state index contributed by atoms with van der Waals surface area (Å²) >= 11 is 0. The Morgan fingerprint density at radius 1 is 0.344 bits per heavy atom. The van der Waals surface area contributed by atoms with Crippen molar-refractivity contribution in [3.63, 3.8) is 0 Å². The molecule has 0 saturated carbocycles. The van der Waals surface area contributed by atoms with Crippen LogP contribution in [-0.4, -0.2) is 0 Å². The highest BCUT2D eigenvalue weighted by atomic mass is 16.3. The standard InChI is InChI=1S/C62H43NO/c1-38-16-28-48-55-33-32-47(53-13-9-14-54(61(53)55)56(48)34-38)41-19-25-45(26-20-41)63(44-23-17-40(18-24-44)43-22-30-52-51-12-7-8-15-59(51)64-60(52)36-43)46-27-31-50-49-29-21-42(39-10-5-4-6-11-39)35-57(49)62(2,3)58(50)37-46/h4-37H,1-3H3. The Balaban J connectivity index is 0.910. The fraction of sp³-hybridized carbons (Fsp3) is 0.0645. The number of nitrogens with zero attached hydrogens (tertiary/aromatic N) is 1. The van der Waals surface area contributed by atoms with E-state index in [4.69, 9.17) is 4.42 Å². The molecule has 0 unspecified atom stereocenters. The first-order valence-corrected chi connectivity index (χ1v) is 22.3. The molecule has 0 saturated heterocycles. The predicted molar refractivity (Wildman–Crippen MR) is 269 cm³/mol. The van der Waals surface area contributed by atoms with Crippen LogP contribution in [0.3, 0.4) is 0 Å². The van der Waals surface area contributed by atoms with Gasteiger partial charge in [-0.2, -0.15) is 0 Å². The predicted octanol–water partition coefficient (Wildman–Crippen LogP) is 17.5. The van der Waals surface area contributed by atoms with E-state index in [2.05, 4.69) is 220 Å². The van der Waals surface area contributed by atoms with Gasteiger partial charge in [0, 0.05) is 33.2 Å². The van der Waals surface area contributed by atoms with Crippen LogP contribution in [0, 0.1) is 6.92 Å². The zero-order valence-corrected chi connectivity index (χ0v) is 36.0. The van der Waals surface area contributed by atoms with Gasteiger partial charge in [0.1, 0.15) is 11.2 Å². The minimum Gasteiger partial charge on any atom is -0.456 e. The van der Waals surface area contributed by atoms with Crippen LogP contribution in [0.5, 0.6) is 0 Å². The molecular weight excluding hydrogens is 775 g/mol. The normalized spacial score (nSPS) is 13.0. The molecule has 2 aliphatic carbocycles. The maximum Gasteiger partial charge on any atom is 0.136 e. The summed E-state index contributed by atoms with van der Waals surface area (Å²) in [7, 11) is 0. The molecule has 0 spiro atoms. The first-order chi connectivity index (χ1) is 31.4. The van der Waals surface area contributed by atoms with Gasteiger partial charge in [0.05, 0.1) is 0 Å². The van der Waals surface area contributed by atoms with E-state index in [1.54, 1.807) is 0 Å². The van der Waals surface area contributed by atoms with Crippen molar-refractivity contribution in [3.8, 4) is 66.8 Å². The van der Waals surface area contributed by atoms with Gasteiger partial charge in [0.2, 0.25) is 0 Å². The van der Waals surface area contributed by atoms with E-state index >= 15 is 0 Å². The lowest BCUT2D eigenvalue weighted by molar-refractivity contribution is 0.660. The molecule has 1 heterocycles. The van der Waals surface area contributed by atoms with Gasteiger partial charge >= 0.3 is 0 Å². The topological polar surface area (TPSA) is 16.4 Å². The first kappa shape index (κ1) is 36.7. The summed E-state index contributed by atoms with van der Waals surface area (Å²) in [5.74, 6) is 0. The lowest BCUT2D eigenvalue weighted by Crippen LogP contribution is -2.16. The molecule has 64 heavy (non-hydrogen) atoms. The van der Waals surface area contributed by atoms with Crippen molar-refractivity contribution in [2.75, 3.05) is 4.90 Å². The summed E-state index contributed by atoms with van der Waals surface area (Å²) in [6.07, 6.45) is 0. The van der Waals surface area contributed by atoms with Crippen molar-refractivity contribution < 1.29 is 4.42 Å². The van der Waals surface area contributed by atoms with E-state index < -0.39 is 0 Å². The van der Waals surface area contributed by atoms with Crippen molar-refractivity contribution in [1.29, 1.82) is 0 Å². The summed E-state index contributed by atoms with van der Waals surface area (Å²) in [6.45, 7) is 6.93. The fourth-order valence-electron chi connectivity index (χ4n) is 10.8. The highest BCUT2D eigenvalue weighted by molar-refractivity contribution is 6.18. The molecule has 11 aromatic rings. The molecule has 0 amide bonds. The van der Waals surface area contributed by atoms with Gasteiger partial charge in [0.15, 0.2) is 0 Å². The molecule has 0 N–H and O–H groups in total. The molecule has 2 aliphatic rings. The number of furan rings is 1. The molecule has 2 heteroatoms. The summed E-state index contributed by atoms with van der Waals surface area (Å²) in [4.78, 5) is 2.41. The number of hydrogen-bond donors (Lipinski definition) is 0. The van der Waals surface area contributed by atoms with E-state index in [0.717, 1.165) is 50.1 Å². The van der Waals surface area contributed by atoms with Gasteiger partial charge in [-0.3, -0.25) is 0 Å². The Labute approximate surface area is 373 Å². The molecule has 0 atom stereocenters. The van der Waals surface area contributed by atoms with E-state index in [-0.39, 0.29) is 5.41 Å². The van der Waals surface area contributed by atoms with Crippen molar-refractivity contribution >= 4 is 49.8 Å². The average Bonchev–Trinajstić information content (AvgIpc) is 3.95. The van der Waals surface area contributed by atoms with Gasteiger partial charge in [-0.1, -0.05) is 165 Å². The molecule has 302 valence electrons. The van der Waals surface area contributed by atoms with E-state index in [0.29, 0.717) is 0 Å². The highest BCUT2D eigenvalue weighted by Gasteiger charge is 2.36. The number of fused-ring (bicyclic) bond motifs is 9. The van der Waals surface area contributed by atoms with Crippen LogP contribution in [0.4, 0.5) is 17.1 Å². The van der Waals surface area contributed by atoms with Crippen molar-refractivity contribution in [2.24, 2.45) is 0 Å². The zero-order valence-electron chi connectivity index (χ0n) is 36.0. The Morgan fingerprint density at radius 3 is 1.72 bits per heavy atom. The maximum absolute atomic E-state index is 6.29. The van der Waals surface area contributed by atoms with E-state index in [1.807, 2.05) is 12.1 Å². The van der Waals surface area contributed by atoms with Gasteiger partial charge < -0.3 is 9.32 Å². The zero-order chi connectivity index (χ0) is 42.7. The lowest BCUT2D eigenvalue weighted by atomic mass is 9.81. The summed E-state index contributed by atoms with van der Waals surface area (Å²) in [5, 5.41) is 4.93. The minimum absolute atomic E-state index is 0.186. The molecule has 0 bridgehead atoms. The number of benzene rings is 10. The second kappa shape index (κ2) is 13.8. The van der Waals surface area contributed by atoms with Gasteiger partial charge in [-0.25, -0.2) is 0 Å². The molecule has 0 radical (unpaired) electrons. The third-order valence-electron chi connectivity index (χ3n) is 14.1. The van der Waals surface area contributed by atoms with E-state index in [9.17, 15) is 0 Å². The average molecular weight is 818 g/mol. The number of rotatable bonds is 6. The van der Waals surface area contributed by atoms with Crippen LogP contribution in [-0.2, 0) is 5.41 Å². The summed E-state index contributed by atoms with van der Waals surface area (Å²) < 4.78 is 6.29. The first-order valence-electron chi connectivity index (χ1n) is 22.3. The Kier molecular flexibility index (Phi) is 7.90. The van der Waals surface area contributed by atoms with Crippen LogP contribution in [0.25, 0.3) is 99.5 Å². The molecule has 2 nitrogen and oxygen atoms in total. The van der Waals surface area contributed by atoms with Crippen LogP contribution < -0.4 is 4.90 Å². The van der Waals surface area contributed by atoms with Crippen LogP contribution >= 0.6 is 0 Å². The molecule has 0 fully saturated rings. The second-order valence-corrected chi connectivity index (χ2v) is 18.2.